The van der Waals surface area contributed by atoms with Crippen LogP contribution in [0.15, 0.2) is 18.2 Å². The Morgan fingerprint density at radius 1 is 1.16 bits per heavy atom. The van der Waals surface area contributed by atoms with E-state index < -0.39 is 0 Å². The molecule has 0 spiro atoms. The van der Waals surface area contributed by atoms with Gasteiger partial charge in [0.15, 0.2) is 0 Å². The number of halogens is 1. The smallest absolute Gasteiger partial charge is 0.126 e. The van der Waals surface area contributed by atoms with Gasteiger partial charge in [-0.25, -0.2) is 4.39 Å². The van der Waals surface area contributed by atoms with Crippen molar-refractivity contribution < 1.29 is 4.39 Å². The molecule has 1 N–H and O–H groups in total. The topological polar surface area (TPSA) is 12.0 Å². The molecule has 2 fully saturated rings. The zero-order chi connectivity index (χ0) is 13.2. The number of nitrogens with one attached hydrogen (secondary N) is 1. The molecule has 0 amide bonds. The molecule has 104 valence electrons. The molecule has 2 aliphatic rings. The Hall–Kier alpha value is -0.890. The fourth-order valence-electron chi connectivity index (χ4n) is 4.10. The van der Waals surface area contributed by atoms with Gasteiger partial charge in [-0.2, -0.15) is 0 Å². The minimum absolute atomic E-state index is 0.000460. The van der Waals surface area contributed by atoms with Crippen LogP contribution < -0.4 is 5.32 Å². The van der Waals surface area contributed by atoms with Crippen molar-refractivity contribution in [2.45, 2.75) is 44.9 Å². The molecule has 1 aromatic rings. The van der Waals surface area contributed by atoms with Crippen LogP contribution in [0.3, 0.4) is 0 Å². The fraction of sp³-hybridized carbons (Fsp3) is 0.647. The summed E-state index contributed by atoms with van der Waals surface area (Å²) >= 11 is 0. The van der Waals surface area contributed by atoms with Crippen molar-refractivity contribution in [3.05, 3.63) is 35.1 Å². The summed E-state index contributed by atoms with van der Waals surface area (Å²) in [6.07, 6.45) is 6.50. The van der Waals surface area contributed by atoms with Crippen molar-refractivity contribution in [3.8, 4) is 0 Å². The lowest BCUT2D eigenvalue weighted by Crippen LogP contribution is -2.39. The summed E-state index contributed by atoms with van der Waals surface area (Å²) in [5.41, 5.74) is 2.15. The van der Waals surface area contributed by atoms with E-state index in [0.717, 1.165) is 31.0 Å². The summed E-state index contributed by atoms with van der Waals surface area (Å²) in [5.74, 6) is 1.86. The minimum Gasteiger partial charge on any atom is -0.316 e. The van der Waals surface area contributed by atoms with E-state index in [9.17, 15) is 4.39 Å². The maximum atomic E-state index is 14.2. The van der Waals surface area contributed by atoms with Gasteiger partial charge >= 0.3 is 0 Å². The summed E-state index contributed by atoms with van der Waals surface area (Å²) in [4.78, 5) is 0. The van der Waals surface area contributed by atoms with Crippen molar-refractivity contribution >= 4 is 0 Å². The predicted octanol–water partition coefficient (Wildman–Crippen LogP) is 4.02. The Morgan fingerprint density at radius 3 is 2.74 bits per heavy atom. The van der Waals surface area contributed by atoms with E-state index >= 15 is 0 Å². The van der Waals surface area contributed by atoms with Crippen molar-refractivity contribution in [1.29, 1.82) is 0 Å². The number of hydrogen-bond acceptors (Lipinski definition) is 1. The molecule has 1 aromatic carbocycles. The molecule has 1 aliphatic carbocycles. The van der Waals surface area contributed by atoms with Crippen LogP contribution in [0, 0.1) is 24.6 Å². The Morgan fingerprint density at radius 2 is 1.95 bits per heavy atom. The molecular weight excluding hydrogens is 237 g/mol. The van der Waals surface area contributed by atoms with E-state index in [1.165, 1.54) is 31.2 Å². The van der Waals surface area contributed by atoms with Crippen LogP contribution in [-0.2, 0) is 0 Å². The summed E-state index contributed by atoms with van der Waals surface area (Å²) in [6.45, 7) is 4.17. The second-order valence-electron chi connectivity index (χ2n) is 6.33. The van der Waals surface area contributed by atoms with Gasteiger partial charge in [0.2, 0.25) is 0 Å². The first-order valence-corrected chi connectivity index (χ1v) is 7.72. The molecule has 3 rings (SSSR count). The largest absolute Gasteiger partial charge is 0.316 e. The van der Waals surface area contributed by atoms with E-state index in [1.807, 2.05) is 6.07 Å². The van der Waals surface area contributed by atoms with Crippen molar-refractivity contribution in [1.82, 2.24) is 5.32 Å². The monoisotopic (exact) mass is 261 g/mol. The van der Waals surface area contributed by atoms with Crippen molar-refractivity contribution in [2.75, 3.05) is 13.1 Å². The second-order valence-corrected chi connectivity index (χ2v) is 6.33. The molecule has 1 saturated carbocycles. The molecule has 0 radical (unpaired) electrons. The van der Waals surface area contributed by atoms with Crippen LogP contribution in [0.4, 0.5) is 4.39 Å². The van der Waals surface area contributed by atoms with Gasteiger partial charge in [0.05, 0.1) is 0 Å². The minimum atomic E-state index is 0.000460. The standard InChI is InChI=1S/C17H24FN/c1-12-6-7-17(18)15(10-12)14-8-9-19-11-16(14)13-4-2-3-5-13/h6-7,10,13-14,16,19H,2-5,8-9,11H2,1H3. The van der Waals surface area contributed by atoms with Crippen LogP contribution in [-0.4, -0.2) is 13.1 Å². The molecular formula is C17H24FN. The third kappa shape index (κ3) is 2.69. The lowest BCUT2D eigenvalue weighted by Gasteiger charge is -2.36. The van der Waals surface area contributed by atoms with Crippen molar-refractivity contribution in [3.63, 3.8) is 0 Å². The second kappa shape index (κ2) is 5.62. The molecule has 1 nitrogen and oxygen atoms in total. The van der Waals surface area contributed by atoms with Gasteiger partial charge in [-0.1, -0.05) is 43.4 Å². The highest BCUT2D eigenvalue weighted by molar-refractivity contribution is 5.28. The summed E-state index contributed by atoms with van der Waals surface area (Å²) in [7, 11) is 0. The summed E-state index contributed by atoms with van der Waals surface area (Å²) in [6, 6.07) is 5.61. The molecule has 2 unspecified atom stereocenters. The SMILES string of the molecule is Cc1ccc(F)c(C2CCNCC2C2CCCC2)c1. The predicted molar refractivity (Wildman–Crippen MR) is 76.8 cm³/mol. The molecule has 1 saturated heterocycles. The Bertz CT molecular complexity index is 437. The van der Waals surface area contributed by atoms with Gasteiger partial charge in [0.25, 0.3) is 0 Å². The van der Waals surface area contributed by atoms with E-state index in [0.29, 0.717) is 11.8 Å². The van der Waals surface area contributed by atoms with Crippen LogP contribution in [0.5, 0.6) is 0 Å². The lowest BCUT2D eigenvalue weighted by atomic mass is 9.73. The maximum absolute atomic E-state index is 14.2. The van der Waals surface area contributed by atoms with Gasteiger partial charge in [-0.05, 0) is 55.8 Å². The average molecular weight is 261 g/mol. The van der Waals surface area contributed by atoms with Crippen LogP contribution in [0.2, 0.25) is 0 Å². The molecule has 1 heterocycles. The first-order valence-electron chi connectivity index (χ1n) is 7.72. The van der Waals surface area contributed by atoms with Crippen LogP contribution in [0.1, 0.15) is 49.1 Å². The quantitative estimate of drug-likeness (QED) is 0.848. The highest BCUT2D eigenvalue weighted by atomic mass is 19.1. The number of hydrogen-bond donors (Lipinski definition) is 1. The average Bonchev–Trinajstić information content (AvgIpc) is 2.95. The number of benzene rings is 1. The van der Waals surface area contributed by atoms with E-state index in [2.05, 4.69) is 18.3 Å². The zero-order valence-electron chi connectivity index (χ0n) is 11.8. The summed E-state index contributed by atoms with van der Waals surface area (Å²) in [5, 5.41) is 3.52. The van der Waals surface area contributed by atoms with Gasteiger partial charge < -0.3 is 5.32 Å². The molecule has 0 aromatic heterocycles. The molecule has 0 bridgehead atoms. The van der Waals surface area contributed by atoms with Gasteiger partial charge in [-0.15, -0.1) is 0 Å². The molecule has 19 heavy (non-hydrogen) atoms. The van der Waals surface area contributed by atoms with Gasteiger partial charge in [0, 0.05) is 0 Å². The highest BCUT2D eigenvalue weighted by Gasteiger charge is 2.35. The Balaban J connectivity index is 1.88. The lowest BCUT2D eigenvalue weighted by molar-refractivity contribution is 0.227. The Labute approximate surface area is 115 Å². The molecule has 1 aliphatic heterocycles. The normalized spacial score (nSPS) is 28.7. The fourth-order valence-corrected chi connectivity index (χ4v) is 4.10. The van der Waals surface area contributed by atoms with E-state index in [-0.39, 0.29) is 5.82 Å². The van der Waals surface area contributed by atoms with E-state index in [4.69, 9.17) is 0 Å². The van der Waals surface area contributed by atoms with Crippen LogP contribution >= 0.6 is 0 Å². The highest BCUT2D eigenvalue weighted by Crippen LogP contribution is 2.42. The first kappa shape index (κ1) is 13.1. The summed E-state index contributed by atoms with van der Waals surface area (Å²) < 4.78 is 14.2. The number of piperidine rings is 1. The van der Waals surface area contributed by atoms with Gasteiger partial charge in [0.1, 0.15) is 5.82 Å². The van der Waals surface area contributed by atoms with Crippen LogP contribution in [0.25, 0.3) is 0 Å². The van der Waals surface area contributed by atoms with Crippen molar-refractivity contribution in [2.24, 2.45) is 11.8 Å². The van der Waals surface area contributed by atoms with Gasteiger partial charge in [-0.3, -0.25) is 0 Å². The van der Waals surface area contributed by atoms with E-state index in [1.54, 1.807) is 6.07 Å². The third-order valence-corrected chi connectivity index (χ3v) is 5.09. The zero-order valence-corrected chi connectivity index (χ0v) is 11.8. The molecule has 2 atom stereocenters. The third-order valence-electron chi connectivity index (χ3n) is 5.09. The number of aryl methyl sites for hydroxylation is 1. The maximum Gasteiger partial charge on any atom is 0.126 e. The first-order chi connectivity index (χ1) is 9.25. The number of rotatable bonds is 2. The Kier molecular flexibility index (Phi) is 3.88. The molecule has 2 heteroatoms.